The van der Waals surface area contributed by atoms with Crippen molar-refractivity contribution in [1.82, 2.24) is 9.55 Å². The van der Waals surface area contributed by atoms with Crippen molar-refractivity contribution in [3.05, 3.63) is 24.5 Å². The van der Waals surface area contributed by atoms with Crippen LogP contribution in [0.25, 0.3) is 0 Å². The zero-order chi connectivity index (χ0) is 12.8. The third-order valence-electron chi connectivity index (χ3n) is 2.44. The van der Waals surface area contributed by atoms with Gasteiger partial charge >= 0.3 is 0 Å². The standard InChI is InChI=1S/C12H21N3OS/c1-5-7-15-9-11(3)14-12(15)13-10(2)6-8-17(4)16/h5,9-10H,1,6-8H2,2-4H3,(H,13,14). The zero-order valence-electron chi connectivity index (χ0n) is 10.8. The second-order valence-corrected chi connectivity index (χ2v) is 5.81. The van der Waals surface area contributed by atoms with Gasteiger partial charge in [-0.1, -0.05) is 6.08 Å². The number of hydrogen-bond acceptors (Lipinski definition) is 3. The molecule has 1 heterocycles. The molecule has 0 aromatic carbocycles. The zero-order valence-corrected chi connectivity index (χ0v) is 11.6. The van der Waals surface area contributed by atoms with Gasteiger partial charge in [-0.3, -0.25) is 4.21 Å². The van der Waals surface area contributed by atoms with Crippen molar-refractivity contribution >= 4 is 16.7 Å². The van der Waals surface area contributed by atoms with E-state index in [1.807, 2.05) is 23.8 Å². The first kappa shape index (κ1) is 14.0. The van der Waals surface area contributed by atoms with E-state index in [-0.39, 0.29) is 6.04 Å². The van der Waals surface area contributed by atoms with Crippen LogP contribution in [0, 0.1) is 6.92 Å². The third-order valence-corrected chi connectivity index (χ3v) is 3.25. The number of aromatic nitrogens is 2. The van der Waals surface area contributed by atoms with Gasteiger partial charge in [0, 0.05) is 41.6 Å². The molecule has 0 aliphatic carbocycles. The Morgan fingerprint density at radius 3 is 3.00 bits per heavy atom. The number of aryl methyl sites for hydroxylation is 1. The van der Waals surface area contributed by atoms with E-state index in [0.29, 0.717) is 0 Å². The summed E-state index contributed by atoms with van der Waals surface area (Å²) in [5, 5.41) is 3.34. The molecule has 17 heavy (non-hydrogen) atoms. The van der Waals surface area contributed by atoms with Crippen LogP contribution >= 0.6 is 0 Å². The monoisotopic (exact) mass is 255 g/mol. The minimum absolute atomic E-state index is 0.268. The summed E-state index contributed by atoms with van der Waals surface area (Å²) >= 11 is 0. The molecule has 5 heteroatoms. The van der Waals surface area contributed by atoms with E-state index in [4.69, 9.17) is 0 Å². The first-order valence-electron chi connectivity index (χ1n) is 5.74. The summed E-state index contributed by atoms with van der Waals surface area (Å²) in [5.74, 6) is 1.58. The number of imidazole rings is 1. The second-order valence-electron chi connectivity index (χ2n) is 4.26. The predicted octanol–water partition coefficient (Wildman–Crippen LogP) is 1.95. The van der Waals surface area contributed by atoms with Gasteiger partial charge in [-0.25, -0.2) is 4.98 Å². The molecule has 0 aliphatic rings. The minimum Gasteiger partial charge on any atom is -0.353 e. The summed E-state index contributed by atoms with van der Waals surface area (Å²) < 4.78 is 13.1. The van der Waals surface area contributed by atoms with E-state index in [0.717, 1.165) is 30.4 Å². The van der Waals surface area contributed by atoms with E-state index in [1.165, 1.54) is 0 Å². The van der Waals surface area contributed by atoms with Gasteiger partial charge < -0.3 is 9.88 Å². The Labute approximate surface area is 106 Å². The number of anilines is 1. The van der Waals surface area contributed by atoms with E-state index in [2.05, 4.69) is 23.8 Å². The van der Waals surface area contributed by atoms with Crippen LogP contribution < -0.4 is 5.32 Å². The maximum absolute atomic E-state index is 11.0. The molecule has 0 saturated heterocycles. The summed E-state index contributed by atoms with van der Waals surface area (Å²) in [5.41, 5.74) is 0.987. The summed E-state index contributed by atoms with van der Waals surface area (Å²) in [6.45, 7) is 8.52. The molecule has 0 saturated carbocycles. The number of rotatable bonds is 7. The molecule has 0 radical (unpaired) electrons. The highest BCUT2D eigenvalue weighted by molar-refractivity contribution is 7.84. The van der Waals surface area contributed by atoms with Crippen molar-refractivity contribution in [1.29, 1.82) is 0 Å². The van der Waals surface area contributed by atoms with Gasteiger partial charge in [0.25, 0.3) is 0 Å². The van der Waals surface area contributed by atoms with Crippen LogP contribution in [-0.2, 0) is 17.3 Å². The fourth-order valence-corrected chi connectivity index (χ4v) is 2.26. The van der Waals surface area contributed by atoms with Crippen molar-refractivity contribution in [2.75, 3.05) is 17.3 Å². The molecular formula is C12H21N3OS. The largest absolute Gasteiger partial charge is 0.353 e. The van der Waals surface area contributed by atoms with E-state index < -0.39 is 10.8 Å². The van der Waals surface area contributed by atoms with Crippen molar-refractivity contribution < 1.29 is 4.21 Å². The third kappa shape index (κ3) is 4.73. The fourth-order valence-electron chi connectivity index (χ4n) is 1.58. The van der Waals surface area contributed by atoms with Gasteiger partial charge in [0.05, 0.1) is 5.69 Å². The molecule has 0 amide bonds. The molecule has 0 fully saturated rings. The quantitative estimate of drug-likeness (QED) is 0.758. The first-order valence-corrected chi connectivity index (χ1v) is 7.47. The van der Waals surface area contributed by atoms with E-state index in [9.17, 15) is 4.21 Å². The maximum atomic E-state index is 11.0. The Balaban J connectivity index is 2.60. The maximum Gasteiger partial charge on any atom is 0.203 e. The molecular weight excluding hydrogens is 234 g/mol. The molecule has 0 bridgehead atoms. The van der Waals surface area contributed by atoms with Gasteiger partial charge in [0.2, 0.25) is 5.95 Å². The molecule has 1 aromatic rings. The summed E-state index contributed by atoms with van der Waals surface area (Å²) in [6.07, 6.45) is 6.45. The van der Waals surface area contributed by atoms with Crippen LogP contribution in [0.5, 0.6) is 0 Å². The van der Waals surface area contributed by atoms with Crippen LogP contribution in [0.2, 0.25) is 0 Å². The van der Waals surface area contributed by atoms with Crippen LogP contribution in [0.15, 0.2) is 18.9 Å². The van der Waals surface area contributed by atoms with Gasteiger partial charge in [-0.15, -0.1) is 6.58 Å². The highest BCUT2D eigenvalue weighted by atomic mass is 32.2. The Bertz CT molecular complexity index is 400. The summed E-state index contributed by atoms with van der Waals surface area (Å²) in [6, 6.07) is 0.268. The van der Waals surface area contributed by atoms with Crippen LogP contribution in [0.3, 0.4) is 0 Å². The summed E-state index contributed by atoms with van der Waals surface area (Å²) in [7, 11) is -0.731. The molecule has 2 unspecified atom stereocenters. The lowest BCUT2D eigenvalue weighted by Crippen LogP contribution is -2.20. The fraction of sp³-hybridized carbons (Fsp3) is 0.583. The number of hydrogen-bond donors (Lipinski definition) is 1. The van der Waals surface area contributed by atoms with Crippen molar-refractivity contribution in [3.63, 3.8) is 0 Å². The number of nitrogens with zero attached hydrogens (tertiary/aromatic N) is 2. The molecule has 96 valence electrons. The Morgan fingerprint density at radius 1 is 1.71 bits per heavy atom. The average Bonchev–Trinajstić information content (AvgIpc) is 2.57. The molecule has 0 aliphatic heterocycles. The topological polar surface area (TPSA) is 46.9 Å². The first-order chi connectivity index (χ1) is 8.02. The van der Waals surface area contributed by atoms with E-state index >= 15 is 0 Å². The molecule has 1 N–H and O–H groups in total. The van der Waals surface area contributed by atoms with Gasteiger partial charge in [-0.2, -0.15) is 0 Å². The van der Waals surface area contributed by atoms with Crippen molar-refractivity contribution in [2.45, 2.75) is 32.9 Å². The lowest BCUT2D eigenvalue weighted by molar-refractivity contribution is 0.676. The highest BCUT2D eigenvalue weighted by Crippen LogP contribution is 2.11. The molecule has 1 rings (SSSR count). The molecule has 0 spiro atoms. The molecule has 1 aromatic heterocycles. The van der Waals surface area contributed by atoms with Gasteiger partial charge in [-0.05, 0) is 20.3 Å². The van der Waals surface area contributed by atoms with Crippen molar-refractivity contribution in [2.24, 2.45) is 0 Å². The van der Waals surface area contributed by atoms with Crippen molar-refractivity contribution in [3.8, 4) is 0 Å². The number of nitrogens with one attached hydrogen (secondary N) is 1. The predicted molar refractivity (Wildman–Crippen MR) is 73.8 cm³/mol. The smallest absolute Gasteiger partial charge is 0.203 e. The Kier molecular flexibility index (Phi) is 5.41. The van der Waals surface area contributed by atoms with Gasteiger partial charge in [0.15, 0.2) is 0 Å². The number of allylic oxidation sites excluding steroid dienone is 1. The molecule has 2 atom stereocenters. The Hall–Kier alpha value is -1.10. The van der Waals surface area contributed by atoms with Crippen LogP contribution in [-0.4, -0.2) is 31.8 Å². The van der Waals surface area contributed by atoms with Crippen LogP contribution in [0.4, 0.5) is 5.95 Å². The van der Waals surface area contributed by atoms with Crippen LogP contribution in [0.1, 0.15) is 19.0 Å². The summed E-state index contributed by atoms with van der Waals surface area (Å²) in [4.78, 5) is 4.42. The molecule has 4 nitrogen and oxygen atoms in total. The Morgan fingerprint density at radius 2 is 2.41 bits per heavy atom. The van der Waals surface area contributed by atoms with E-state index in [1.54, 1.807) is 6.26 Å². The normalized spacial score (nSPS) is 14.3. The lowest BCUT2D eigenvalue weighted by atomic mass is 10.3. The second kappa shape index (κ2) is 6.59. The SMILES string of the molecule is C=CCn1cc(C)nc1NC(C)CCS(C)=O. The lowest BCUT2D eigenvalue weighted by Gasteiger charge is -2.14. The minimum atomic E-state index is -0.731. The average molecular weight is 255 g/mol. The highest BCUT2D eigenvalue weighted by Gasteiger charge is 2.08. The van der Waals surface area contributed by atoms with Gasteiger partial charge in [0.1, 0.15) is 0 Å².